The number of benzene rings is 1. The fourth-order valence-electron chi connectivity index (χ4n) is 3.60. The second-order valence-electron chi connectivity index (χ2n) is 5.78. The predicted octanol–water partition coefficient (Wildman–Crippen LogP) is -2.50. The van der Waals surface area contributed by atoms with Crippen molar-refractivity contribution in [2.24, 2.45) is 5.92 Å². The van der Waals surface area contributed by atoms with Crippen LogP contribution in [0.2, 0.25) is 0 Å². The molecule has 0 aromatic heterocycles. The van der Waals surface area contributed by atoms with Crippen molar-refractivity contribution in [3.63, 3.8) is 0 Å². The van der Waals surface area contributed by atoms with E-state index in [0.29, 0.717) is 11.7 Å². The van der Waals surface area contributed by atoms with E-state index in [0.717, 1.165) is 49.4 Å². The fourth-order valence-corrected chi connectivity index (χ4v) is 3.60. The first kappa shape index (κ1) is 16.1. The summed E-state index contributed by atoms with van der Waals surface area (Å²) < 4.78 is 10.6. The summed E-state index contributed by atoms with van der Waals surface area (Å²) in [5, 5.41) is 0. The van der Waals surface area contributed by atoms with Gasteiger partial charge in [0, 0.05) is 25.2 Å². The highest BCUT2D eigenvalue weighted by atomic mass is 35.5. The summed E-state index contributed by atoms with van der Waals surface area (Å²) in [6.45, 7) is 2.29. The number of hydrogen-bond donors (Lipinski definition) is 1. The lowest BCUT2D eigenvalue weighted by Crippen LogP contribution is -3.20. The number of piperidine rings is 3. The van der Waals surface area contributed by atoms with Crippen LogP contribution in [0.1, 0.15) is 18.4 Å². The van der Waals surface area contributed by atoms with Crippen molar-refractivity contribution >= 4 is 5.78 Å². The molecule has 3 aliphatic rings. The molecule has 0 aliphatic carbocycles. The van der Waals surface area contributed by atoms with Crippen molar-refractivity contribution in [2.45, 2.75) is 25.3 Å². The number of nitrogens with one attached hydrogen (secondary N) is 1. The molecular weight excluding hydrogens is 290 g/mol. The molecule has 3 aliphatic heterocycles. The van der Waals surface area contributed by atoms with Gasteiger partial charge in [-0.15, -0.1) is 0 Å². The Morgan fingerprint density at radius 2 is 1.81 bits per heavy atom. The van der Waals surface area contributed by atoms with Crippen LogP contribution in [0.15, 0.2) is 18.2 Å². The Hall–Kier alpha value is -1.26. The Morgan fingerprint density at radius 1 is 1.14 bits per heavy atom. The van der Waals surface area contributed by atoms with Gasteiger partial charge in [-0.2, -0.15) is 0 Å². The van der Waals surface area contributed by atoms with Gasteiger partial charge in [-0.25, -0.2) is 0 Å². The molecule has 1 atom stereocenters. The molecule has 5 heteroatoms. The zero-order valence-electron chi connectivity index (χ0n) is 12.5. The lowest BCUT2D eigenvalue weighted by molar-refractivity contribution is -0.927. The van der Waals surface area contributed by atoms with Gasteiger partial charge in [-0.1, -0.05) is 6.07 Å². The minimum atomic E-state index is 0. The molecular formula is C16H22ClNO3. The highest BCUT2D eigenvalue weighted by molar-refractivity contribution is 5.86. The normalized spacial score (nSPS) is 27.1. The quantitative estimate of drug-likeness (QED) is 0.668. The average molecular weight is 312 g/mol. The minimum absolute atomic E-state index is 0. The van der Waals surface area contributed by atoms with E-state index in [1.54, 1.807) is 14.2 Å². The number of fused-ring (bicyclic) bond motifs is 3. The first-order valence-corrected chi connectivity index (χ1v) is 7.32. The van der Waals surface area contributed by atoms with E-state index in [1.807, 2.05) is 18.2 Å². The second kappa shape index (κ2) is 6.67. The van der Waals surface area contributed by atoms with E-state index < -0.39 is 0 Å². The van der Waals surface area contributed by atoms with Gasteiger partial charge in [0.05, 0.1) is 27.3 Å². The summed E-state index contributed by atoms with van der Waals surface area (Å²) in [5.74, 6) is 2.26. The Kier molecular flexibility index (Phi) is 5.12. The molecule has 0 amide bonds. The molecule has 1 aromatic carbocycles. The summed E-state index contributed by atoms with van der Waals surface area (Å²) in [7, 11) is 3.28. The summed E-state index contributed by atoms with van der Waals surface area (Å²) >= 11 is 0. The highest BCUT2D eigenvalue weighted by Gasteiger charge is 2.44. The van der Waals surface area contributed by atoms with Gasteiger partial charge in [0.1, 0.15) is 0 Å². The lowest BCUT2D eigenvalue weighted by Gasteiger charge is -2.41. The third-order valence-corrected chi connectivity index (χ3v) is 4.75. The number of ketones is 1. The van der Waals surface area contributed by atoms with E-state index in [1.165, 1.54) is 4.90 Å². The van der Waals surface area contributed by atoms with Crippen molar-refractivity contribution in [3.05, 3.63) is 23.8 Å². The first-order valence-electron chi connectivity index (χ1n) is 7.32. The largest absolute Gasteiger partial charge is 1.00 e. The zero-order chi connectivity index (χ0) is 14.1. The van der Waals surface area contributed by atoms with Gasteiger partial charge in [-0.3, -0.25) is 4.79 Å². The fraction of sp³-hybridized carbons (Fsp3) is 0.562. The van der Waals surface area contributed by atoms with Gasteiger partial charge in [0.25, 0.3) is 0 Å². The summed E-state index contributed by atoms with van der Waals surface area (Å²) in [4.78, 5) is 13.9. The molecule has 1 N–H and O–H groups in total. The number of ether oxygens (including phenoxy) is 2. The zero-order valence-corrected chi connectivity index (χ0v) is 13.3. The van der Waals surface area contributed by atoms with Crippen LogP contribution in [0.3, 0.4) is 0 Å². The van der Waals surface area contributed by atoms with Crippen LogP contribution in [-0.4, -0.2) is 39.1 Å². The topological polar surface area (TPSA) is 40.0 Å². The van der Waals surface area contributed by atoms with E-state index in [4.69, 9.17) is 9.47 Å². The number of Topliss-reactive ketones (excluding diaryl/α,β-unsaturated/α-hetero) is 1. The maximum atomic E-state index is 12.4. The lowest BCUT2D eigenvalue weighted by atomic mass is 9.80. The molecule has 1 aromatic rings. The van der Waals surface area contributed by atoms with Gasteiger partial charge in [0.15, 0.2) is 23.3 Å². The molecule has 3 fully saturated rings. The molecule has 0 radical (unpaired) electrons. The summed E-state index contributed by atoms with van der Waals surface area (Å²) in [5.41, 5.74) is 1.15. The van der Waals surface area contributed by atoms with Crippen molar-refractivity contribution in [2.75, 3.05) is 27.3 Å². The van der Waals surface area contributed by atoms with Gasteiger partial charge in [-0.05, 0) is 17.7 Å². The van der Waals surface area contributed by atoms with Gasteiger partial charge in [0.2, 0.25) is 0 Å². The molecule has 0 saturated carbocycles. The van der Waals surface area contributed by atoms with Crippen molar-refractivity contribution in [1.82, 2.24) is 0 Å². The molecule has 1 unspecified atom stereocenters. The smallest absolute Gasteiger partial charge is 0.193 e. The maximum absolute atomic E-state index is 12.4. The number of methoxy groups -OCH3 is 2. The monoisotopic (exact) mass is 311 g/mol. The molecule has 0 spiro atoms. The third-order valence-electron chi connectivity index (χ3n) is 4.75. The maximum Gasteiger partial charge on any atom is 0.193 e. The van der Waals surface area contributed by atoms with Crippen LogP contribution in [0.5, 0.6) is 11.5 Å². The number of carbonyl (C=O) groups is 1. The van der Waals surface area contributed by atoms with Crippen LogP contribution in [-0.2, 0) is 11.2 Å². The average Bonchev–Trinajstić information content (AvgIpc) is 2.51. The van der Waals surface area contributed by atoms with Crippen molar-refractivity contribution in [3.8, 4) is 11.5 Å². The molecule has 2 bridgehead atoms. The summed E-state index contributed by atoms with van der Waals surface area (Å²) in [6, 6.07) is 6.09. The molecule has 21 heavy (non-hydrogen) atoms. The van der Waals surface area contributed by atoms with Crippen LogP contribution in [0.25, 0.3) is 0 Å². The Labute approximate surface area is 131 Å². The number of hydrogen-bond acceptors (Lipinski definition) is 3. The van der Waals surface area contributed by atoms with Crippen LogP contribution in [0.4, 0.5) is 0 Å². The molecule has 4 nitrogen and oxygen atoms in total. The predicted molar refractivity (Wildman–Crippen MR) is 75.5 cm³/mol. The standard InChI is InChI=1S/C16H21NO3.ClH/c1-19-14-4-3-11(10-15(14)20-2)9-13-16(18)12-5-7-17(13)8-6-12;/h3-4,10,12-13H,5-9H2,1-2H3;1H. The molecule has 4 rings (SSSR count). The number of quaternary nitrogens is 1. The van der Waals surface area contributed by atoms with Crippen LogP contribution >= 0.6 is 0 Å². The Bertz CT molecular complexity index is 512. The summed E-state index contributed by atoms with van der Waals surface area (Å²) in [6.07, 6.45) is 2.97. The van der Waals surface area contributed by atoms with Gasteiger partial charge >= 0.3 is 0 Å². The second-order valence-corrected chi connectivity index (χ2v) is 5.78. The molecule has 116 valence electrons. The van der Waals surface area contributed by atoms with Gasteiger partial charge < -0.3 is 26.8 Å². The van der Waals surface area contributed by atoms with Crippen molar-refractivity contribution < 1.29 is 31.6 Å². The Morgan fingerprint density at radius 3 is 2.38 bits per heavy atom. The highest BCUT2D eigenvalue weighted by Crippen LogP contribution is 2.28. The minimum Gasteiger partial charge on any atom is -1.00 e. The van der Waals surface area contributed by atoms with Crippen LogP contribution in [0, 0.1) is 5.92 Å². The molecule has 3 heterocycles. The van der Waals surface area contributed by atoms with Crippen LogP contribution < -0.4 is 26.8 Å². The van der Waals surface area contributed by atoms with E-state index in [2.05, 4.69) is 0 Å². The van der Waals surface area contributed by atoms with Crippen molar-refractivity contribution in [1.29, 1.82) is 0 Å². The van der Waals surface area contributed by atoms with E-state index >= 15 is 0 Å². The van der Waals surface area contributed by atoms with E-state index in [9.17, 15) is 4.79 Å². The Balaban J connectivity index is 0.00000161. The SMILES string of the molecule is COc1ccc(CC2C(=O)C3CC[NH+]2CC3)cc1OC.[Cl-]. The first-order chi connectivity index (χ1) is 9.72. The third kappa shape index (κ3) is 3.01. The number of halogens is 1. The number of rotatable bonds is 4. The number of carbonyl (C=O) groups excluding carboxylic acids is 1. The van der Waals surface area contributed by atoms with E-state index in [-0.39, 0.29) is 18.4 Å². The molecule has 3 saturated heterocycles.